The van der Waals surface area contributed by atoms with Gasteiger partial charge in [-0.3, -0.25) is 24.0 Å². The summed E-state index contributed by atoms with van der Waals surface area (Å²) in [5, 5.41) is 14.3. The quantitative estimate of drug-likeness (QED) is 0.256. The summed E-state index contributed by atoms with van der Waals surface area (Å²) in [4.78, 5) is 61.7. The number of nitrogens with one attached hydrogen (secondary N) is 2. The maximum atomic E-state index is 14.9. The number of sulfonamides is 1. The normalized spacial score (nSPS) is 29.8. The average molecular weight is 836 g/mol. The van der Waals surface area contributed by atoms with Gasteiger partial charge in [-0.15, -0.1) is 0 Å². The van der Waals surface area contributed by atoms with Crippen molar-refractivity contribution in [1.82, 2.24) is 24.8 Å². The van der Waals surface area contributed by atoms with Gasteiger partial charge in [0.1, 0.15) is 35.5 Å². The molecule has 318 valence electrons. The molecule has 2 aliphatic heterocycles. The van der Waals surface area contributed by atoms with Crippen molar-refractivity contribution in [3.8, 4) is 11.6 Å². The monoisotopic (exact) mass is 835 g/mol. The van der Waals surface area contributed by atoms with E-state index < -0.39 is 86.4 Å². The Balaban J connectivity index is 1.40. The molecule has 2 saturated carbocycles. The maximum absolute atomic E-state index is 14.9. The number of aromatic nitrogens is 1. The van der Waals surface area contributed by atoms with Crippen LogP contribution >= 0.6 is 0 Å². The van der Waals surface area contributed by atoms with Crippen LogP contribution in [0.4, 0.5) is 18.0 Å². The molecule has 3 fully saturated rings. The Labute approximate surface area is 335 Å². The van der Waals surface area contributed by atoms with E-state index in [1.807, 2.05) is 26.0 Å². The number of carboxylic acid groups (broad SMARTS) is 1. The molecular weight excluding hydrogens is 784 g/mol. The second kappa shape index (κ2) is 16.2. The van der Waals surface area contributed by atoms with E-state index in [9.17, 15) is 45.9 Å². The number of fused-ring (bicyclic) bond motifs is 3. The van der Waals surface area contributed by atoms with Gasteiger partial charge in [-0.25, -0.2) is 18.2 Å². The number of alkyl halides is 3. The van der Waals surface area contributed by atoms with Gasteiger partial charge in [-0.05, 0) is 76.7 Å². The largest absolute Gasteiger partial charge is 0.491 e. The molecule has 0 radical (unpaired) electrons. The van der Waals surface area contributed by atoms with Crippen molar-refractivity contribution in [2.75, 3.05) is 13.2 Å². The molecule has 4 aliphatic rings. The predicted molar refractivity (Wildman–Crippen MR) is 206 cm³/mol. The highest BCUT2D eigenvalue weighted by molar-refractivity contribution is 7.91. The minimum atomic E-state index is -5.03. The second-order valence-electron chi connectivity index (χ2n) is 16.6. The van der Waals surface area contributed by atoms with Crippen LogP contribution in [-0.4, -0.2) is 106 Å². The van der Waals surface area contributed by atoms with Crippen LogP contribution in [-0.2, 0) is 24.4 Å². The molecule has 2 aliphatic carbocycles. The zero-order chi connectivity index (χ0) is 42.4. The fourth-order valence-corrected chi connectivity index (χ4v) is 9.49. The first-order valence-electron chi connectivity index (χ1n) is 19.8. The first-order valence-corrected chi connectivity index (χ1v) is 21.3. The van der Waals surface area contributed by atoms with Gasteiger partial charge in [-0.2, -0.15) is 13.2 Å². The van der Waals surface area contributed by atoms with Crippen molar-refractivity contribution in [2.24, 2.45) is 17.8 Å². The molecule has 18 heteroatoms. The van der Waals surface area contributed by atoms with E-state index in [2.05, 4.69) is 15.0 Å². The van der Waals surface area contributed by atoms with Gasteiger partial charge >= 0.3 is 12.3 Å². The molecule has 3 heterocycles. The number of pyridine rings is 1. The molecule has 8 atom stereocenters. The molecule has 58 heavy (non-hydrogen) atoms. The first-order chi connectivity index (χ1) is 27.2. The SMILES string of the molecule is CCCOc1cnc(O[C@@H]2C[C@H]3C(=O)N[C@]4(C(=O)NS(=O)(=O)C5(C)CC5)C[C@H]4/C=C\CC[C@H](C)C[C@@H](C)[C@H](N(C(=O)O)[C@H](C)C(F)(F)F)C(=O)N3C2)c2ccccc12. The minimum absolute atomic E-state index is 0.0569. The molecule has 1 aromatic heterocycles. The third-order valence-electron chi connectivity index (χ3n) is 12.1. The number of benzene rings is 1. The van der Waals surface area contributed by atoms with Crippen LogP contribution in [0.2, 0.25) is 0 Å². The molecule has 3 N–H and O–H groups in total. The lowest BCUT2D eigenvalue weighted by molar-refractivity contribution is -0.184. The minimum Gasteiger partial charge on any atom is -0.491 e. The van der Waals surface area contributed by atoms with Crippen molar-refractivity contribution in [3.63, 3.8) is 0 Å². The van der Waals surface area contributed by atoms with Crippen molar-refractivity contribution < 1.29 is 55.3 Å². The van der Waals surface area contributed by atoms with Gasteiger partial charge in [-0.1, -0.05) is 51.1 Å². The van der Waals surface area contributed by atoms with Gasteiger partial charge in [0, 0.05) is 23.1 Å². The summed E-state index contributed by atoms with van der Waals surface area (Å²) < 4.78 is 82.7. The summed E-state index contributed by atoms with van der Waals surface area (Å²) in [5.74, 6) is -3.90. The highest BCUT2D eigenvalue weighted by Crippen LogP contribution is 2.48. The molecule has 0 unspecified atom stereocenters. The summed E-state index contributed by atoms with van der Waals surface area (Å²) in [6.45, 7) is 7.62. The van der Waals surface area contributed by atoms with Crippen LogP contribution in [0.25, 0.3) is 10.8 Å². The highest BCUT2D eigenvalue weighted by Gasteiger charge is 2.63. The Morgan fingerprint density at radius 2 is 1.84 bits per heavy atom. The van der Waals surface area contributed by atoms with E-state index in [1.54, 1.807) is 24.3 Å². The number of carbonyl (C=O) groups is 4. The topological polar surface area (TPSA) is 185 Å². The lowest BCUT2D eigenvalue weighted by Crippen LogP contribution is -2.62. The summed E-state index contributed by atoms with van der Waals surface area (Å²) in [6, 6.07) is 1.23. The number of hydrogen-bond acceptors (Lipinski definition) is 9. The van der Waals surface area contributed by atoms with Gasteiger partial charge < -0.3 is 24.8 Å². The number of halogens is 3. The molecule has 1 saturated heterocycles. The predicted octanol–water partition coefficient (Wildman–Crippen LogP) is 5.56. The highest BCUT2D eigenvalue weighted by atomic mass is 32.2. The molecule has 14 nitrogen and oxygen atoms in total. The van der Waals surface area contributed by atoms with Gasteiger partial charge in [0.05, 0.1) is 24.1 Å². The van der Waals surface area contributed by atoms with Crippen molar-refractivity contribution >= 4 is 44.6 Å². The number of hydrogen-bond donors (Lipinski definition) is 3. The summed E-state index contributed by atoms with van der Waals surface area (Å²) in [7, 11) is -4.11. The number of ether oxygens (including phenoxy) is 2. The van der Waals surface area contributed by atoms with E-state index in [1.165, 1.54) is 20.0 Å². The van der Waals surface area contributed by atoms with E-state index in [-0.39, 0.29) is 42.5 Å². The summed E-state index contributed by atoms with van der Waals surface area (Å²) >= 11 is 0. The van der Waals surface area contributed by atoms with E-state index >= 15 is 0 Å². The van der Waals surface area contributed by atoms with Crippen molar-refractivity contribution in [2.45, 2.75) is 127 Å². The van der Waals surface area contributed by atoms with E-state index in [0.717, 1.165) is 11.3 Å². The molecule has 2 aromatic rings. The number of amides is 4. The van der Waals surface area contributed by atoms with Crippen LogP contribution in [0.1, 0.15) is 86.0 Å². The Morgan fingerprint density at radius 3 is 2.48 bits per heavy atom. The summed E-state index contributed by atoms with van der Waals surface area (Å²) in [6.07, 6.45) is -0.456. The average Bonchev–Trinajstić information content (AvgIpc) is 4.04. The van der Waals surface area contributed by atoms with Crippen molar-refractivity contribution in [3.05, 3.63) is 42.6 Å². The molecule has 4 amide bonds. The lowest BCUT2D eigenvalue weighted by atomic mass is 9.86. The molecule has 0 spiro atoms. The fourth-order valence-electron chi connectivity index (χ4n) is 8.17. The van der Waals surface area contributed by atoms with E-state index in [4.69, 9.17) is 9.47 Å². The zero-order valence-electron chi connectivity index (χ0n) is 33.3. The third kappa shape index (κ3) is 8.57. The van der Waals surface area contributed by atoms with Gasteiger partial charge in [0.15, 0.2) is 0 Å². The molecule has 0 bridgehead atoms. The standard InChI is InChI=1S/C40H52F3N5O9S/c1-6-17-56-31-21-44-34(29-14-10-9-13-28(29)31)57-27-19-30-33(49)45-39(36(51)46-58(54,55)38(5)15-16-38)20-26(39)12-8-7-11-23(2)18-24(3)32(35(50)47(30)22-27)48(37(52)53)25(4)40(41,42)43/h8-10,12-14,21,23-27,30,32H,6-7,11,15-20,22H2,1-5H3,(H,45,49)(H,46,51)(H,52,53)/b12-8-/t23-,24+,25+,26+,27+,30-,32-,39+/m0/s1. The molecule has 6 rings (SSSR count). The van der Waals surface area contributed by atoms with Gasteiger partial charge in [0.25, 0.3) is 5.91 Å². The third-order valence-corrected chi connectivity index (χ3v) is 14.2. The second-order valence-corrected chi connectivity index (χ2v) is 18.8. The zero-order valence-corrected chi connectivity index (χ0v) is 34.1. The Morgan fingerprint density at radius 1 is 1.16 bits per heavy atom. The Hall–Kier alpha value is -4.61. The first kappa shape index (κ1) is 43.0. The summed E-state index contributed by atoms with van der Waals surface area (Å²) in [5.41, 5.74) is -1.71. The Kier molecular flexibility index (Phi) is 12.0. The number of allylic oxidation sites excluding steroid dienone is 1. The van der Waals surface area contributed by atoms with Crippen LogP contribution in [0.5, 0.6) is 11.6 Å². The van der Waals surface area contributed by atoms with Gasteiger partial charge in [0.2, 0.25) is 27.7 Å². The number of rotatable bonds is 10. The lowest BCUT2D eigenvalue weighted by Gasteiger charge is -2.40. The Bertz CT molecular complexity index is 2060. The number of carbonyl (C=O) groups excluding carboxylic acids is 3. The van der Waals surface area contributed by atoms with Crippen LogP contribution in [0.3, 0.4) is 0 Å². The molecule has 1 aromatic carbocycles. The smallest absolute Gasteiger partial charge is 0.408 e. The molecular formula is C40H52F3N5O9S. The van der Waals surface area contributed by atoms with Crippen LogP contribution in [0, 0.1) is 17.8 Å². The van der Waals surface area contributed by atoms with E-state index in [0.29, 0.717) is 55.7 Å². The maximum Gasteiger partial charge on any atom is 0.408 e. The number of nitrogens with zero attached hydrogens (tertiary/aromatic N) is 3. The van der Waals surface area contributed by atoms with Crippen LogP contribution in [0.15, 0.2) is 42.6 Å². The van der Waals surface area contributed by atoms with Crippen LogP contribution < -0.4 is 19.5 Å². The van der Waals surface area contributed by atoms with Crippen molar-refractivity contribution in [1.29, 1.82) is 0 Å². The fraction of sp³-hybridized carbons (Fsp3) is 0.625.